The molecule has 0 aliphatic carbocycles. The molecule has 1 N–H and O–H groups in total. The lowest BCUT2D eigenvalue weighted by atomic mass is 10.2. The zero-order valence-corrected chi connectivity index (χ0v) is 20.6. The van der Waals surface area contributed by atoms with Crippen LogP contribution in [0.25, 0.3) is 26.2 Å². The van der Waals surface area contributed by atoms with Gasteiger partial charge in [-0.15, -0.1) is 23.7 Å². The van der Waals surface area contributed by atoms with Gasteiger partial charge < -0.3 is 14.9 Å². The van der Waals surface area contributed by atoms with Gasteiger partial charge in [0.05, 0.1) is 24.0 Å². The van der Waals surface area contributed by atoms with Crippen molar-refractivity contribution in [2.75, 3.05) is 32.1 Å². The summed E-state index contributed by atoms with van der Waals surface area (Å²) in [5.74, 6) is 0.799. The minimum Gasteiger partial charge on any atom is -0.390 e. The van der Waals surface area contributed by atoms with Gasteiger partial charge in [-0.3, -0.25) is 9.36 Å². The van der Waals surface area contributed by atoms with Crippen LogP contribution in [-0.2, 0) is 0 Å². The highest BCUT2D eigenvalue weighted by Gasteiger charge is 2.33. The van der Waals surface area contributed by atoms with E-state index >= 15 is 0 Å². The van der Waals surface area contributed by atoms with Crippen molar-refractivity contribution in [3.8, 4) is 16.1 Å². The van der Waals surface area contributed by atoms with Gasteiger partial charge in [0.1, 0.15) is 10.5 Å². The summed E-state index contributed by atoms with van der Waals surface area (Å²) in [6.07, 6.45) is 3.10. The molecule has 0 unspecified atom stereocenters. The molecule has 0 bridgehead atoms. The Balaban J connectivity index is 0.00000259. The van der Waals surface area contributed by atoms with Gasteiger partial charge in [0.25, 0.3) is 5.56 Å². The van der Waals surface area contributed by atoms with Gasteiger partial charge in [-0.25, -0.2) is 4.98 Å². The average molecular weight is 503 g/mol. The van der Waals surface area contributed by atoms with Gasteiger partial charge in [-0.1, -0.05) is 23.7 Å². The molecule has 1 aromatic carbocycles. The predicted molar refractivity (Wildman–Crippen MR) is 139 cm³/mol. The molecule has 3 aromatic heterocycles. The number of fused-ring (bicyclic) bond motifs is 1. The molecule has 4 aromatic rings. The molecule has 0 spiro atoms. The number of benzene rings is 1. The number of aliphatic hydroxyl groups is 1. The number of rotatable bonds is 4. The van der Waals surface area contributed by atoms with Crippen LogP contribution in [0.5, 0.6) is 0 Å². The van der Waals surface area contributed by atoms with Crippen LogP contribution in [0.4, 0.5) is 5.82 Å². The molecule has 4 heterocycles. The number of hydrogen-bond acceptors (Lipinski definition) is 6. The van der Waals surface area contributed by atoms with Gasteiger partial charge in [-0.05, 0) is 56.1 Å². The Hall–Kier alpha value is -2.42. The van der Waals surface area contributed by atoms with E-state index in [1.54, 1.807) is 17.0 Å². The number of anilines is 1. The lowest BCUT2D eigenvalue weighted by Crippen LogP contribution is -2.38. The zero-order chi connectivity index (χ0) is 22.4. The highest BCUT2D eigenvalue weighted by molar-refractivity contribution is 7.22. The van der Waals surface area contributed by atoms with Crippen molar-refractivity contribution in [3.05, 3.63) is 76.3 Å². The van der Waals surface area contributed by atoms with Crippen LogP contribution < -0.4 is 10.5 Å². The first-order chi connectivity index (χ1) is 15.4. The Labute approximate surface area is 207 Å². The van der Waals surface area contributed by atoms with Gasteiger partial charge >= 0.3 is 0 Å². The quantitative estimate of drug-likeness (QED) is 0.450. The molecule has 6 nitrogen and oxygen atoms in total. The second-order valence-electron chi connectivity index (χ2n) is 8.27. The molecule has 0 saturated carbocycles. The molecule has 5 rings (SSSR count). The number of aliphatic hydroxyl groups excluding tert-OH is 1. The van der Waals surface area contributed by atoms with E-state index in [4.69, 9.17) is 11.6 Å². The SMILES string of the molecule is CN(C)[C@H]1CN(c2ccc(-n3ccc4cc(-c5ccc(Cl)cc5)sc4c3=O)cn2)C[C@@H]1O.Cl. The predicted octanol–water partition coefficient (Wildman–Crippen LogP) is 4.30. The number of halogens is 2. The smallest absolute Gasteiger partial charge is 0.273 e. The number of pyridine rings is 2. The van der Waals surface area contributed by atoms with Crippen molar-refractivity contribution in [2.24, 2.45) is 0 Å². The van der Waals surface area contributed by atoms with Crippen molar-refractivity contribution in [2.45, 2.75) is 12.1 Å². The van der Waals surface area contributed by atoms with Crippen LogP contribution in [0.1, 0.15) is 0 Å². The molecule has 1 aliphatic heterocycles. The lowest BCUT2D eigenvalue weighted by molar-refractivity contribution is 0.114. The molecule has 1 aliphatic rings. The van der Waals surface area contributed by atoms with Gasteiger partial charge in [0.2, 0.25) is 0 Å². The summed E-state index contributed by atoms with van der Waals surface area (Å²) in [6, 6.07) is 15.5. The van der Waals surface area contributed by atoms with Gasteiger partial charge in [-0.2, -0.15) is 0 Å². The maximum atomic E-state index is 13.2. The lowest BCUT2D eigenvalue weighted by Gasteiger charge is -2.21. The minimum atomic E-state index is -0.412. The van der Waals surface area contributed by atoms with E-state index in [-0.39, 0.29) is 24.0 Å². The summed E-state index contributed by atoms with van der Waals surface area (Å²) < 4.78 is 2.33. The van der Waals surface area contributed by atoms with E-state index in [9.17, 15) is 9.90 Å². The van der Waals surface area contributed by atoms with Crippen molar-refractivity contribution in [3.63, 3.8) is 0 Å². The molecular weight excluding hydrogens is 479 g/mol. The second-order valence-corrected chi connectivity index (χ2v) is 9.76. The third-order valence-electron chi connectivity index (χ3n) is 5.96. The maximum absolute atomic E-state index is 13.2. The fourth-order valence-corrected chi connectivity index (χ4v) is 5.38. The van der Waals surface area contributed by atoms with E-state index in [1.807, 2.05) is 67.5 Å². The van der Waals surface area contributed by atoms with Crippen molar-refractivity contribution in [1.82, 2.24) is 14.5 Å². The first-order valence-corrected chi connectivity index (χ1v) is 11.6. The Morgan fingerprint density at radius 3 is 2.52 bits per heavy atom. The highest BCUT2D eigenvalue weighted by Crippen LogP contribution is 2.32. The van der Waals surface area contributed by atoms with E-state index in [0.29, 0.717) is 22.0 Å². The van der Waals surface area contributed by atoms with Crippen LogP contribution in [0.3, 0.4) is 0 Å². The van der Waals surface area contributed by atoms with Crippen molar-refractivity contribution >= 4 is 51.2 Å². The molecular formula is C24H24Cl2N4O2S. The molecule has 0 amide bonds. The fraction of sp³-hybridized carbons (Fsp3) is 0.250. The summed E-state index contributed by atoms with van der Waals surface area (Å²) in [6.45, 7) is 1.26. The van der Waals surface area contributed by atoms with Crippen LogP contribution in [-0.4, -0.2) is 58.9 Å². The monoisotopic (exact) mass is 502 g/mol. The molecule has 2 atom stereocenters. The minimum absolute atomic E-state index is 0. The van der Waals surface area contributed by atoms with Crippen LogP contribution in [0, 0.1) is 0 Å². The summed E-state index contributed by atoms with van der Waals surface area (Å²) >= 11 is 7.48. The van der Waals surface area contributed by atoms with Crippen LogP contribution in [0.15, 0.2) is 65.7 Å². The Kier molecular flexibility index (Phi) is 6.79. The number of likely N-dealkylation sites (N-methyl/N-ethyl adjacent to an activating group) is 1. The zero-order valence-electron chi connectivity index (χ0n) is 18.2. The first kappa shape index (κ1) is 23.7. The van der Waals surface area contributed by atoms with E-state index in [1.165, 1.54) is 11.3 Å². The molecule has 1 fully saturated rings. The molecule has 0 radical (unpaired) electrons. The highest BCUT2D eigenvalue weighted by atomic mass is 35.5. The van der Waals surface area contributed by atoms with Crippen LogP contribution in [0.2, 0.25) is 5.02 Å². The number of nitrogens with zero attached hydrogens (tertiary/aromatic N) is 4. The normalized spacial score (nSPS) is 18.2. The maximum Gasteiger partial charge on any atom is 0.273 e. The second kappa shape index (κ2) is 9.44. The number of β-amino-alcohol motifs (C(OH)–C–C–N with tert-alkyl or cyclic N) is 1. The van der Waals surface area contributed by atoms with Crippen LogP contribution >= 0.6 is 35.3 Å². The average Bonchev–Trinajstić information content (AvgIpc) is 3.39. The third kappa shape index (κ3) is 4.52. The number of thiophene rings is 1. The summed E-state index contributed by atoms with van der Waals surface area (Å²) in [5, 5.41) is 11.9. The van der Waals surface area contributed by atoms with Gasteiger partial charge in [0.15, 0.2) is 0 Å². The molecule has 33 heavy (non-hydrogen) atoms. The summed E-state index contributed by atoms with van der Waals surface area (Å²) in [5.41, 5.74) is 1.69. The van der Waals surface area contributed by atoms with Crippen molar-refractivity contribution < 1.29 is 5.11 Å². The van der Waals surface area contributed by atoms with E-state index < -0.39 is 6.10 Å². The summed E-state index contributed by atoms with van der Waals surface area (Å²) in [7, 11) is 3.94. The summed E-state index contributed by atoms with van der Waals surface area (Å²) in [4.78, 5) is 22.9. The Bertz CT molecular complexity index is 1320. The van der Waals surface area contributed by atoms with E-state index in [0.717, 1.165) is 28.2 Å². The Morgan fingerprint density at radius 1 is 1.12 bits per heavy atom. The fourth-order valence-electron chi connectivity index (χ4n) is 4.16. The number of aromatic nitrogens is 2. The molecule has 172 valence electrons. The topological polar surface area (TPSA) is 61.6 Å². The first-order valence-electron chi connectivity index (χ1n) is 10.4. The molecule has 1 saturated heterocycles. The third-order valence-corrected chi connectivity index (χ3v) is 7.40. The van der Waals surface area contributed by atoms with Gasteiger partial charge in [0, 0.05) is 34.6 Å². The molecule has 9 heteroatoms. The standard InChI is InChI=1S/C24H23ClN4O2S.ClH/c1-27(2)19-13-28(14-20(19)30)22-8-7-18(12-26-22)29-10-9-16-11-21(32-23(16)24(29)31)15-3-5-17(25)6-4-15;/h3-12,19-20,30H,13-14H2,1-2H3;1H/t19-,20-;/m0./s1. The van der Waals surface area contributed by atoms with Crippen molar-refractivity contribution in [1.29, 1.82) is 0 Å². The number of hydrogen-bond donors (Lipinski definition) is 1. The Morgan fingerprint density at radius 2 is 1.88 bits per heavy atom. The van der Waals surface area contributed by atoms with E-state index in [2.05, 4.69) is 9.88 Å². The largest absolute Gasteiger partial charge is 0.390 e.